The van der Waals surface area contributed by atoms with E-state index in [0.29, 0.717) is 10.6 Å². The van der Waals surface area contributed by atoms with Gasteiger partial charge in [-0.1, -0.05) is 36.7 Å². The summed E-state index contributed by atoms with van der Waals surface area (Å²) in [6.07, 6.45) is 0.951. The molecule has 0 aliphatic heterocycles. The van der Waals surface area contributed by atoms with Crippen molar-refractivity contribution in [1.29, 1.82) is 0 Å². The van der Waals surface area contributed by atoms with Crippen molar-refractivity contribution in [3.63, 3.8) is 0 Å². The van der Waals surface area contributed by atoms with Gasteiger partial charge in [-0.25, -0.2) is 8.78 Å². The van der Waals surface area contributed by atoms with Crippen LogP contribution in [-0.2, 0) is 0 Å². The van der Waals surface area contributed by atoms with Gasteiger partial charge in [-0.05, 0) is 54.8 Å². The monoisotopic (exact) mass is 309 g/mol. The lowest BCUT2D eigenvalue weighted by atomic mass is 9.97. The highest BCUT2D eigenvalue weighted by molar-refractivity contribution is 6.31. The molecule has 0 spiro atoms. The van der Waals surface area contributed by atoms with E-state index in [1.807, 2.05) is 25.1 Å². The first-order valence-electron chi connectivity index (χ1n) is 6.97. The molecule has 4 heteroatoms. The predicted molar refractivity (Wildman–Crippen MR) is 82.7 cm³/mol. The van der Waals surface area contributed by atoms with Gasteiger partial charge in [0, 0.05) is 5.02 Å². The summed E-state index contributed by atoms with van der Waals surface area (Å²) in [5.41, 5.74) is 2.64. The molecule has 2 rings (SSSR count). The third-order valence-corrected chi connectivity index (χ3v) is 3.81. The number of nitrogens with one attached hydrogen (secondary N) is 1. The Morgan fingerprint density at radius 1 is 1.05 bits per heavy atom. The van der Waals surface area contributed by atoms with E-state index in [0.717, 1.165) is 30.2 Å². The molecule has 0 amide bonds. The van der Waals surface area contributed by atoms with Crippen LogP contribution in [0.15, 0.2) is 36.4 Å². The fraction of sp³-hybridized carbons (Fsp3) is 0.294. The minimum Gasteiger partial charge on any atom is -0.306 e. The van der Waals surface area contributed by atoms with Crippen LogP contribution in [0.4, 0.5) is 8.78 Å². The molecule has 2 aromatic rings. The summed E-state index contributed by atoms with van der Waals surface area (Å²) in [6.45, 7) is 4.77. The van der Waals surface area contributed by atoms with Crippen molar-refractivity contribution in [2.75, 3.05) is 6.54 Å². The van der Waals surface area contributed by atoms with Gasteiger partial charge in [-0.3, -0.25) is 0 Å². The second-order valence-electron chi connectivity index (χ2n) is 5.07. The summed E-state index contributed by atoms with van der Waals surface area (Å²) < 4.78 is 26.6. The maximum atomic E-state index is 13.5. The minimum absolute atomic E-state index is 0.184. The molecule has 0 aliphatic rings. The molecule has 1 unspecified atom stereocenters. The van der Waals surface area contributed by atoms with Gasteiger partial charge < -0.3 is 5.32 Å². The second kappa shape index (κ2) is 7.01. The van der Waals surface area contributed by atoms with E-state index >= 15 is 0 Å². The van der Waals surface area contributed by atoms with Crippen LogP contribution in [0.25, 0.3) is 0 Å². The highest BCUT2D eigenvalue weighted by atomic mass is 35.5. The number of rotatable bonds is 5. The SMILES string of the molecule is CCCNC(c1ccc(Cl)c(C)c1)c1ccc(F)c(F)c1. The minimum atomic E-state index is -0.833. The largest absolute Gasteiger partial charge is 0.306 e. The Labute approximate surface area is 128 Å². The van der Waals surface area contributed by atoms with Gasteiger partial charge in [-0.2, -0.15) is 0 Å². The van der Waals surface area contributed by atoms with Crippen molar-refractivity contribution in [3.8, 4) is 0 Å². The molecule has 112 valence electrons. The Morgan fingerprint density at radius 2 is 1.71 bits per heavy atom. The molecular weight excluding hydrogens is 292 g/mol. The average Bonchev–Trinajstić information content (AvgIpc) is 2.46. The highest BCUT2D eigenvalue weighted by Crippen LogP contribution is 2.27. The summed E-state index contributed by atoms with van der Waals surface area (Å²) in [6, 6.07) is 9.53. The molecule has 1 atom stereocenters. The third-order valence-electron chi connectivity index (χ3n) is 3.39. The molecule has 0 aliphatic carbocycles. The Bertz CT molecular complexity index is 577. The van der Waals surface area contributed by atoms with Crippen LogP contribution in [0.5, 0.6) is 0 Å². The fourth-order valence-electron chi connectivity index (χ4n) is 2.26. The molecule has 0 saturated heterocycles. The Morgan fingerprint density at radius 3 is 2.33 bits per heavy atom. The van der Waals surface area contributed by atoms with Crippen LogP contribution in [-0.4, -0.2) is 6.54 Å². The summed E-state index contributed by atoms with van der Waals surface area (Å²) in [5.74, 6) is -1.67. The van der Waals surface area contributed by atoms with Crippen LogP contribution >= 0.6 is 11.6 Å². The van der Waals surface area contributed by atoms with E-state index in [1.54, 1.807) is 6.07 Å². The lowest BCUT2D eigenvalue weighted by Crippen LogP contribution is -2.23. The molecule has 0 fully saturated rings. The lowest BCUT2D eigenvalue weighted by molar-refractivity contribution is 0.503. The van der Waals surface area contributed by atoms with Gasteiger partial charge in [0.2, 0.25) is 0 Å². The zero-order chi connectivity index (χ0) is 15.4. The molecule has 2 aromatic carbocycles. The van der Waals surface area contributed by atoms with Crippen LogP contribution in [0.2, 0.25) is 5.02 Å². The van der Waals surface area contributed by atoms with Crippen molar-refractivity contribution in [1.82, 2.24) is 5.32 Å². The first-order chi connectivity index (χ1) is 10.0. The number of aryl methyl sites for hydroxylation is 1. The van der Waals surface area contributed by atoms with Crippen molar-refractivity contribution >= 4 is 11.6 Å². The molecule has 21 heavy (non-hydrogen) atoms. The van der Waals surface area contributed by atoms with E-state index < -0.39 is 11.6 Å². The van der Waals surface area contributed by atoms with Crippen LogP contribution in [0.3, 0.4) is 0 Å². The second-order valence-corrected chi connectivity index (χ2v) is 5.48. The molecule has 0 bridgehead atoms. The maximum Gasteiger partial charge on any atom is 0.159 e. The lowest BCUT2D eigenvalue weighted by Gasteiger charge is -2.20. The van der Waals surface area contributed by atoms with E-state index in [4.69, 9.17) is 11.6 Å². The van der Waals surface area contributed by atoms with Crippen LogP contribution in [0, 0.1) is 18.6 Å². The van der Waals surface area contributed by atoms with Gasteiger partial charge >= 0.3 is 0 Å². The molecule has 0 saturated carbocycles. The molecule has 1 nitrogen and oxygen atoms in total. The van der Waals surface area contributed by atoms with Crippen LogP contribution in [0.1, 0.15) is 36.1 Å². The van der Waals surface area contributed by atoms with E-state index in [1.165, 1.54) is 6.07 Å². The summed E-state index contributed by atoms with van der Waals surface area (Å²) >= 11 is 6.05. The molecular formula is C17H18ClF2N. The highest BCUT2D eigenvalue weighted by Gasteiger charge is 2.16. The molecule has 0 aromatic heterocycles. The van der Waals surface area contributed by atoms with Crippen molar-refractivity contribution in [2.24, 2.45) is 0 Å². The first kappa shape index (κ1) is 15.9. The van der Waals surface area contributed by atoms with Crippen molar-refractivity contribution in [3.05, 3.63) is 69.7 Å². The van der Waals surface area contributed by atoms with Crippen molar-refractivity contribution in [2.45, 2.75) is 26.3 Å². The van der Waals surface area contributed by atoms with Gasteiger partial charge in [0.25, 0.3) is 0 Å². The van der Waals surface area contributed by atoms with Gasteiger partial charge in [-0.15, -0.1) is 0 Å². The number of hydrogen-bond donors (Lipinski definition) is 1. The standard InChI is InChI=1S/C17H18ClF2N/c1-3-8-21-17(12-4-6-14(18)11(2)9-12)13-5-7-15(19)16(20)10-13/h4-7,9-10,17,21H,3,8H2,1-2H3. The number of halogens is 3. The maximum absolute atomic E-state index is 13.5. The topological polar surface area (TPSA) is 12.0 Å². The van der Waals surface area contributed by atoms with Crippen molar-refractivity contribution < 1.29 is 8.78 Å². The smallest absolute Gasteiger partial charge is 0.159 e. The summed E-state index contributed by atoms with van der Waals surface area (Å²) in [5, 5.41) is 4.06. The summed E-state index contributed by atoms with van der Waals surface area (Å²) in [4.78, 5) is 0. The third kappa shape index (κ3) is 3.80. The van der Waals surface area contributed by atoms with Gasteiger partial charge in [0.05, 0.1) is 6.04 Å². The molecule has 0 heterocycles. The fourth-order valence-corrected chi connectivity index (χ4v) is 2.37. The first-order valence-corrected chi connectivity index (χ1v) is 7.35. The summed E-state index contributed by atoms with van der Waals surface area (Å²) in [7, 11) is 0. The number of hydrogen-bond acceptors (Lipinski definition) is 1. The molecule has 1 N–H and O–H groups in total. The zero-order valence-corrected chi connectivity index (χ0v) is 12.8. The Hall–Kier alpha value is -1.45. The van der Waals surface area contributed by atoms with Gasteiger partial charge in [0.1, 0.15) is 0 Å². The Balaban J connectivity index is 2.41. The molecule has 0 radical (unpaired) electrons. The number of benzene rings is 2. The predicted octanol–water partition coefficient (Wildman–Crippen LogP) is 5.02. The van der Waals surface area contributed by atoms with E-state index in [2.05, 4.69) is 12.2 Å². The Kier molecular flexibility index (Phi) is 5.32. The normalized spacial score (nSPS) is 12.4. The van der Waals surface area contributed by atoms with E-state index in [-0.39, 0.29) is 6.04 Å². The van der Waals surface area contributed by atoms with E-state index in [9.17, 15) is 8.78 Å². The van der Waals surface area contributed by atoms with Gasteiger partial charge in [0.15, 0.2) is 11.6 Å². The quantitative estimate of drug-likeness (QED) is 0.818. The van der Waals surface area contributed by atoms with Crippen LogP contribution < -0.4 is 5.32 Å². The average molecular weight is 310 g/mol. The zero-order valence-electron chi connectivity index (χ0n) is 12.1.